The van der Waals surface area contributed by atoms with Gasteiger partial charge in [-0.05, 0) is 43.6 Å². The molecule has 1 aromatic carbocycles. The van der Waals surface area contributed by atoms with Crippen molar-refractivity contribution in [3.05, 3.63) is 84.2 Å². The average molecular weight is 331 g/mol. The molecule has 1 aliphatic heterocycles. The first-order chi connectivity index (χ1) is 12.2. The molecule has 0 spiro atoms. The lowest BCUT2D eigenvalue weighted by atomic mass is 10.1. The topological polar surface area (TPSA) is 28.0 Å². The maximum atomic E-state index is 4.90. The van der Waals surface area contributed by atoms with Gasteiger partial charge >= 0.3 is 0 Å². The van der Waals surface area contributed by atoms with E-state index in [2.05, 4.69) is 78.7 Å². The molecule has 3 heteroatoms. The fourth-order valence-electron chi connectivity index (χ4n) is 2.95. The van der Waals surface area contributed by atoms with Gasteiger partial charge in [-0.25, -0.2) is 4.99 Å². The lowest BCUT2D eigenvalue weighted by Crippen LogP contribution is -2.35. The Morgan fingerprint density at radius 1 is 1.08 bits per heavy atom. The molecule has 3 nitrogen and oxygen atoms in total. The minimum atomic E-state index is 0.100. The third kappa shape index (κ3) is 4.66. The van der Waals surface area contributed by atoms with Crippen LogP contribution in [-0.4, -0.2) is 29.4 Å². The smallest absolute Gasteiger partial charge is 0.125 e. The van der Waals surface area contributed by atoms with E-state index >= 15 is 0 Å². The Labute approximate surface area is 150 Å². The van der Waals surface area contributed by atoms with E-state index < -0.39 is 0 Å². The van der Waals surface area contributed by atoms with Crippen molar-refractivity contribution >= 4 is 11.4 Å². The maximum absolute atomic E-state index is 4.90. The average Bonchev–Trinajstić information content (AvgIpc) is 3.00. The lowest BCUT2D eigenvalue weighted by molar-refractivity contribution is 0.412. The summed E-state index contributed by atoms with van der Waals surface area (Å²) in [5.74, 6) is 1.000. The molecule has 0 bridgehead atoms. The third-order valence-electron chi connectivity index (χ3n) is 4.33. The normalized spacial score (nSPS) is 21.5. The molecule has 0 radical (unpaired) electrons. The molecule has 0 saturated carbocycles. The van der Waals surface area contributed by atoms with E-state index in [0.29, 0.717) is 6.54 Å². The zero-order valence-electron chi connectivity index (χ0n) is 15.0. The minimum absolute atomic E-state index is 0.100. The van der Waals surface area contributed by atoms with Crippen LogP contribution in [0.4, 0.5) is 0 Å². The van der Waals surface area contributed by atoms with Gasteiger partial charge < -0.3 is 4.90 Å². The van der Waals surface area contributed by atoms with E-state index in [1.54, 1.807) is 0 Å². The molecule has 1 aliphatic carbocycles. The van der Waals surface area contributed by atoms with Crippen LogP contribution in [0.3, 0.4) is 0 Å². The number of nitrogens with zero attached hydrogens (tertiary/aromatic N) is 3. The van der Waals surface area contributed by atoms with E-state index in [1.807, 2.05) is 13.0 Å². The molecule has 1 aromatic rings. The predicted molar refractivity (Wildman–Crippen MR) is 107 cm³/mol. The van der Waals surface area contributed by atoms with Crippen LogP contribution in [0.1, 0.15) is 25.3 Å². The molecule has 1 unspecified atom stereocenters. The van der Waals surface area contributed by atoms with Crippen molar-refractivity contribution in [2.24, 2.45) is 9.98 Å². The molecule has 1 heterocycles. The molecular formula is C22H25N3. The first-order valence-electron chi connectivity index (χ1n) is 8.80. The van der Waals surface area contributed by atoms with E-state index in [0.717, 1.165) is 30.1 Å². The van der Waals surface area contributed by atoms with Gasteiger partial charge in [-0.2, -0.15) is 0 Å². The van der Waals surface area contributed by atoms with E-state index in [-0.39, 0.29) is 6.04 Å². The zero-order valence-corrected chi connectivity index (χ0v) is 15.0. The highest BCUT2D eigenvalue weighted by molar-refractivity contribution is 6.01. The fourth-order valence-corrected chi connectivity index (χ4v) is 2.95. The quantitative estimate of drug-likeness (QED) is 0.735. The number of rotatable bonds is 4. The van der Waals surface area contributed by atoms with Crippen LogP contribution in [0.2, 0.25) is 0 Å². The summed E-state index contributed by atoms with van der Waals surface area (Å²) in [5.41, 5.74) is 3.34. The number of allylic oxidation sites excluding steroid dienone is 5. The van der Waals surface area contributed by atoms with Crippen molar-refractivity contribution in [1.29, 1.82) is 0 Å². The van der Waals surface area contributed by atoms with Crippen molar-refractivity contribution in [2.45, 2.75) is 32.4 Å². The fraction of sp³-hybridized carbons (Fsp3) is 0.273. The number of aliphatic imine (C=N–C) groups is 2. The molecule has 25 heavy (non-hydrogen) atoms. The number of hydrogen-bond acceptors (Lipinski definition) is 3. The zero-order chi connectivity index (χ0) is 17.5. The van der Waals surface area contributed by atoms with Crippen LogP contribution < -0.4 is 0 Å². The monoisotopic (exact) mass is 331 g/mol. The molecule has 128 valence electrons. The van der Waals surface area contributed by atoms with Gasteiger partial charge in [-0.3, -0.25) is 4.99 Å². The first kappa shape index (κ1) is 17.2. The summed E-state index contributed by atoms with van der Waals surface area (Å²) in [6, 6.07) is 10.5. The van der Waals surface area contributed by atoms with Crippen LogP contribution in [0.5, 0.6) is 0 Å². The lowest BCUT2D eigenvalue weighted by Gasteiger charge is -2.28. The summed E-state index contributed by atoms with van der Waals surface area (Å²) in [6.07, 6.45) is 17.0. The molecule has 1 atom stereocenters. The standard InChI is InChI=1S/C22H25N3/c1-18-11-9-10-16-22(24-18)25(2)21-15-8-4-7-14-20(21)23-17-19-12-5-3-6-13-19/h3,5-9,11-16,21H,4,10,17H2,1-2H3. The third-order valence-corrected chi connectivity index (χ3v) is 4.33. The van der Waals surface area contributed by atoms with Crippen molar-refractivity contribution in [2.75, 3.05) is 7.05 Å². The molecule has 0 aromatic heterocycles. The number of benzene rings is 1. The molecule has 2 aliphatic rings. The highest BCUT2D eigenvalue weighted by Crippen LogP contribution is 2.18. The largest absolute Gasteiger partial charge is 0.348 e. The van der Waals surface area contributed by atoms with Crippen molar-refractivity contribution in [3.63, 3.8) is 0 Å². The van der Waals surface area contributed by atoms with Gasteiger partial charge in [-0.15, -0.1) is 0 Å². The molecular weight excluding hydrogens is 306 g/mol. The first-order valence-corrected chi connectivity index (χ1v) is 8.80. The Morgan fingerprint density at radius 3 is 2.72 bits per heavy atom. The van der Waals surface area contributed by atoms with Gasteiger partial charge in [0.25, 0.3) is 0 Å². The second-order valence-corrected chi connectivity index (χ2v) is 6.30. The summed E-state index contributed by atoms with van der Waals surface area (Å²) in [6.45, 7) is 2.73. The summed E-state index contributed by atoms with van der Waals surface area (Å²) in [5, 5.41) is 0. The van der Waals surface area contributed by atoms with Crippen molar-refractivity contribution in [1.82, 2.24) is 4.90 Å². The Balaban J connectivity index is 1.84. The summed E-state index contributed by atoms with van der Waals surface area (Å²) in [4.78, 5) is 11.9. The van der Waals surface area contributed by atoms with E-state index in [9.17, 15) is 0 Å². The van der Waals surface area contributed by atoms with Crippen LogP contribution in [0.15, 0.2) is 88.7 Å². The van der Waals surface area contributed by atoms with Gasteiger partial charge in [0.2, 0.25) is 0 Å². The minimum Gasteiger partial charge on any atom is -0.348 e. The molecule has 0 N–H and O–H groups in total. The van der Waals surface area contributed by atoms with Crippen LogP contribution in [0, 0.1) is 0 Å². The van der Waals surface area contributed by atoms with Gasteiger partial charge in [-0.1, -0.05) is 54.6 Å². The van der Waals surface area contributed by atoms with Gasteiger partial charge in [0.15, 0.2) is 0 Å². The second-order valence-electron chi connectivity index (χ2n) is 6.30. The maximum Gasteiger partial charge on any atom is 0.125 e. The van der Waals surface area contributed by atoms with Gasteiger partial charge in [0, 0.05) is 12.8 Å². The van der Waals surface area contributed by atoms with Crippen LogP contribution in [0.25, 0.3) is 0 Å². The predicted octanol–water partition coefficient (Wildman–Crippen LogP) is 4.71. The van der Waals surface area contributed by atoms with Crippen LogP contribution >= 0.6 is 0 Å². The van der Waals surface area contributed by atoms with Crippen molar-refractivity contribution < 1.29 is 0 Å². The van der Waals surface area contributed by atoms with Gasteiger partial charge in [0.05, 0.1) is 18.3 Å². The Bertz CT molecular complexity index is 764. The highest BCUT2D eigenvalue weighted by atomic mass is 15.2. The Kier molecular flexibility index (Phi) is 5.78. The van der Waals surface area contributed by atoms with Gasteiger partial charge in [0.1, 0.15) is 5.82 Å². The molecule has 3 rings (SSSR count). The van der Waals surface area contributed by atoms with Crippen LogP contribution in [-0.2, 0) is 6.54 Å². The molecule has 0 amide bonds. The summed E-state index contributed by atoms with van der Waals surface area (Å²) >= 11 is 0. The van der Waals surface area contributed by atoms with E-state index in [4.69, 9.17) is 9.98 Å². The number of hydrogen-bond donors (Lipinski definition) is 0. The molecule has 0 saturated heterocycles. The molecule has 0 fully saturated rings. The Hall–Kier alpha value is -2.68. The van der Waals surface area contributed by atoms with E-state index in [1.165, 1.54) is 5.56 Å². The second kappa shape index (κ2) is 8.43. The Morgan fingerprint density at radius 2 is 1.88 bits per heavy atom. The SMILES string of the molecule is CC1=NC(N(C)C2C=CCC=CC2=NCc2ccccc2)=CCC=C1. The highest BCUT2D eigenvalue weighted by Gasteiger charge is 2.20. The summed E-state index contributed by atoms with van der Waals surface area (Å²) in [7, 11) is 2.10. The van der Waals surface area contributed by atoms with Crippen molar-refractivity contribution in [3.8, 4) is 0 Å². The summed E-state index contributed by atoms with van der Waals surface area (Å²) < 4.78 is 0. The number of likely N-dealkylation sites (N-methyl/N-ethyl adjacent to an activating group) is 1.